The number of nitrogens with zero attached hydrogens (tertiary/aromatic N) is 2. The zero-order chi connectivity index (χ0) is 16.0. The number of aliphatic carboxylic acids is 2. The van der Waals surface area contributed by atoms with Crippen molar-refractivity contribution in [1.82, 2.24) is 15.7 Å². The van der Waals surface area contributed by atoms with Gasteiger partial charge < -0.3 is 15.5 Å². The highest BCUT2D eigenvalue weighted by Gasteiger charge is 2.14. The molecular formula is C12H15BrN4O4. The highest BCUT2D eigenvalue weighted by atomic mass is 79.9. The van der Waals surface area contributed by atoms with Gasteiger partial charge in [-0.3, -0.25) is 10.4 Å². The van der Waals surface area contributed by atoms with Gasteiger partial charge >= 0.3 is 11.9 Å². The van der Waals surface area contributed by atoms with Crippen LogP contribution in [0.15, 0.2) is 28.5 Å². The van der Waals surface area contributed by atoms with Crippen molar-refractivity contribution in [3.8, 4) is 0 Å². The van der Waals surface area contributed by atoms with Crippen molar-refractivity contribution >= 4 is 33.7 Å². The summed E-state index contributed by atoms with van der Waals surface area (Å²) in [4.78, 5) is 22.7. The van der Waals surface area contributed by atoms with Crippen LogP contribution in [0.5, 0.6) is 0 Å². The summed E-state index contributed by atoms with van der Waals surface area (Å²) < 4.78 is 1.03. The first kappa shape index (κ1) is 16.8. The molecule has 0 atom stereocenters. The molecule has 4 N–H and O–H groups in total. The number of nitrogens with one attached hydrogen (secondary N) is 2. The van der Waals surface area contributed by atoms with E-state index in [2.05, 4.69) is 37.7 Å². The number of carboxylic acids is 2. The van der Waals surface area contributed by atoms with E-state index in [1.165, 1.54) is 0 Å². The lowest BCUT2D eigenvalue weighted by Crippen LogP contribution is -2.35. The largest absolute Gasteiger partial charge is 0.473 e. The summed E-state index contributed by atoms with van der Waals surface area (Å²) in [6.45, 7) is 2.81. The van der Waals surface area contributed by atoms with Crippen molar-refractivity contribution in [2.75, 3.05) is 18.6 Å². The summed E-state index contributed by atoms with van der Waals surface area (Å²) in [7, 11) is 1.89. The van der Waals surface area contributed by atoms with Crippen LogP contribution in [-0.2, 0) is 9.59 Å². The smallest absolute Gasteiger partial charge is 0.414 e. The first-order valence-corrected chi connectivity index (χ1v) is 6.66. The zero-order valence-electron chi connectivity index (χ0n) is 11.4. The average Bonchev–Trinajstić information content (AvgIpc) is 2.91. The molecule has 114 valence electrons. The fourth-order valence-electron chi connectivity index (χ4n) is 1.41. The number of halogens is 1. The second-order valence-corrected chi connectivity index (χ2v) is 4.79. The van der Waals surface area contributed by atoms with Gasteiger partial charge in [0.25, 0.3) is 0 Å². The maximum Gasteiger partial charge on any atom is 0.414 e. The molecule has 1 aliphatic rings. The van der Waals surface area contributed by atoms with Crippen molar-refractivity contribution in [2.45, 2.75) is 6.92 Å². The Morgan fingerprint density at radius 2 is 2.00 bits per heavy atom. The van der Waals surface area contributed by atoms with E-state index < -0.39 is 11.9 Å². The monoisotopic (exact) mass is 358 g/mol. The van der Waals surface area contributed by atoms with E-state index in [1.807, 2.05) is 31.1 Å². The van der Waals surface area contributed by atoms with Crippen LogP contribution in [0.25, 0.3) is 0 Å². The van der Waals surface area contributed by atoms with Crippen molar-refractivity contribution in [3.63, 3.8) is 0 Å². The normalized spacial score (nSPS) is 12.7. The number of rotatable bonds is 2. The Labute approximate surface area is 129 Å². The molecule has 0 spiro atoms. The molecule has 0 radical (unpaired) electrons. The Morgan fingerprint density at radius 3 is 2.43 bits per heavy atom. The Morgan fingerprint density at radius 1 is 1.38 bits per heavy atom. The highest BCUT2D eigenvalue weighted by Crippen LogP contribution is 2.19. The van der Waals surface area contributed by atoms with Gasteiger partial charge in [-0.05, 0) is 41.1 Å². The molecule has 0 saturated heterocycles. The van der Waals surface area contributed by atoms with Gasteiger partial charge in [-0.2, -0.15) is 0 Å². The molecule has 0 fully saturated rings. The van der Waals surface area contributed by atoms with E-state index >= 15 is 0 Å². The Bertz CT molecular complexity index is 564. The number of carbonyl (C=O) groups is 2. The second kappa shape index (κ2) is 7.48. The number of hydrazine groups is 1. The second-order valence-electron chi connectivity index (χ2n) is 3.94. The van der Waals surface area contributed by atoms with Gasteiger partial charge in [0.1, 0.15) is 11.6 Å². The minimum Gasteiger partial charge on any atom is -0.473 e. The lowest BCUT2D eigenvalue weighted by Gasteiger charge is -2.19. The number of anilines is 1. The fourth-order valence-corrected chi connectivity index (χ4v) is 1.63. The topological polar surface area (TPSA) is 115 Å². The van der Waals surface area contributed by atoms with Crippen LogP contribution in [-0.4, -0.2) is 40.7 Å². The summed E-state index contributed by atoms with van der Waals surface area (Å²) in [5.74, 6) is -1.71. The molecule has 0 saturated carbocycles. The lowest BCUT2D eigenvalue weighted by molar-refractivity contribution is -0.159. The van der Waals surface area contributed by atoms with Gasteiger partial charge in [0.15, 0.2) is 0 Å². The Hall–Kier alpha value is -2.29. The van der Waals surface area contributed by atoms with Crippen LogP contribution >= 0.6 is 15.9 Å². The fraction of sp³-hybridized carbons (Fsp3) is 0.250. The first-order chi connectivity index (χ1) is 9.85. The molecule has 8 nitrogen and oxygen atoms in total. The minimum atomic E-state index is -1.82. The van der Waals surface area contributed by atoms with Gasteiger partial charge in [-0.1, -0.05) is 0 Å². The molecule has 0 bridgehead atoms. The molecule has 21 heavy (non-hydrogen) atoms. The molecule has 0 unspecified atom stereocenters. The molecule has 1 aliphatic heterocycles. The first-order valence-electron chi connectivity index (χ1n) is 5.86. The van der Waals surface area contributed by atoms with Crippen LogP contribution in [0.1, 0.15) is 5.69 Å². The Balaban J connectivity index is 0.000000315. The molecule has 9 heteroatoms. The summed E-state index contributed by atoms with van der Waals surface area (Å²) >= 11 is 3.44. The van der Waals surface area contributed by atoms with E-state index in [0.717, 1.165) is 28.4 Å². The van der Waals surface area contributed by atoms with Gasteiger partial charge in [0, 0.05) is 11.5 Å². The van der Waals surface area contributed by atoms with Crippen LogP contribution in [0, 0.1) is 6.92 Å². The molecule has 2 heterocycles. The number of carboxylic acid groups (broad SMARTS) is 2. The van der Waals surface area contributed by atoms with E-state index in [0.29, 0.717) is 0 Å². The third kappa shape index (κ3) is 4.95. The predicted octanol–water partition coefficient (Wildman–Crippen LogP) is 0.694. The molecule has 0 amide bonds. The third-order valence-electron chi connectivity index (χ3n) is 2.47. The van der Waals surface area contributed by atoms with Gasteiger partial charge in [-0.25, -0.2) is 14.6 Å². The SMILES string of the molecule is CNC1=CCN(c2ccc(Br)c(C)n2)N1.O=C(O)C(=O)O. The number of hydrogen-bond donors (Lipinski definition) is 4. The summed E-state index contributed by atoms with van der Waals surface area (Å²) in [6, 6.07) is 3.99. The van der Waals surface area contributed by atoms with Crippen LogP contribution in [0.4, 0.5) is 5.82 Å². The van der Waals surface area contributed by atoms with E-state index in [9.17, 15) is 0 Å². The number of aromatic nitrogens is 1. The number of aryl methyl sites for hydroxylation is 1. The average molecular weight is 359 g/mol. The van der Waals surface area contributed by atoms with Crippen molar-refractivity contribution in [3.05, 3.63) is 34.2 Å². The maximum atomic E-state index is 9.10. The van der Waals surface area contributed by atoms with Crippen LogP contribution < -0.4 is 15.8 Å². The van der Waals surface area contributed by atoms with Gasteiger partial charge in [-0.15, -0.1) is 0 Å². The third-order valence-corrected chi connectivity index (χ3v) is 3.31. The molecule has 1 aromatic rings. The molecular weight excluding hydrogens is 344 g/mol. The number of hydrogen-bond acceptors (Lipinski definition) is 6. The quantitative estimate of drug-likeness (QED) is 0.571. The summed E-state index contributed by atoms with van der Waals surface area (Å²) in [6.07, 6.45) is 2.08. The minimum absolute atomic E-state index is 0.824. The maximum absolute atomic E-state index is 9.10. The molecule has 0 aromatic carbocycles. The van der Waals surface area contributed by atoms with Crippen molar-refractivity contribution in [2.24, 2.45) is 0 Å². The Kier molecular flexibility index (Phi) is 5.97. The standard InChI is InChI=1S/C10H13BrN4.C2H2O4/c1-7-8(11)3-4-10(13-7)15-6-5-9(12-2)14-15;3-1(4)2(5)6/h3-5,12,14H,6H2,1-2H3;(H,3,4)(H,5,6). The lowest BCUT2D eigenvalue weighted by atomic mass is 10.3. The van der Waals surface area contributed by atoms with Crippen molar-refractivity contribution < 1.29 is 19.8 Å². The molecule has 2 rings (SSSR count). The zero-order valence-corrected chi connectivity index (χ0v) is 13.0. The van der Waals surface area contributed by atoms with E-state index in [1.54, 1.807) is 0 Å². The molecule has 0 aliphatic carbocycles. The number of pyridine rings is 1. The summed E-state index contributed by atoms with van der Waals surface area (Å²) in [5, 5.41) is 19.8. The molecule has 1 aromatic heterocycles. The van der Waals surface area contributed by atoms with E-state index in [4.69, 9.17) is 19.8 Å². The van der Waals surface area contributed by atoms with Gasteiger partial charge in [0.2, 0.25) is 0 Å². The highest BCUT2D eigenvalue weighted by molar-refractivity contribution is 9.10. The van der Waals surface area contributed by atoms with E-state index in [-0.39, 0.29) is 0 Å². The van der Waals surface area contributed by atoms with Crippen LogP contribution in [0.3, 0.4) is 0 Å². The van der Waals surface area contributed by atoms with Gasteiger partial charge in [0.05, 0.1) is 12.2 Å². The van der Waals surface area contributed by atoms with Crippen molar-refractivity contribution in [1.29, 1.82) is 0 Å². The van der Waals surface area contributed by atoms with Crippen LogP contribution in [0.2, 0.25) is 0 Å². The predicted molar refractivity (Wildman–Crippen MR) is 79.6 cm³/mol. The summed E-state index contributed by atoms with van der Waals surface area (Å²) in [5.41, 5.74) is 4.20.